The van der Waals surface area contributed by atoms with E-state index in [9.17, 15) is 5.11 Å². The lowest BCUT2D eigenvalue weighted by molar-refractivity contribution is 0.145. The number of rotatable bonds is 3. The molecular weight excluding hydrogens is 276 g/mol. The Labute approximate surface area is 133 Å². The third-order valence-electron chi connectivity index (χ3n) is 5.07. The van der Waals surface area contributed by atoms with Crippen LogP contribution in [0.15, 0.2) is 12.4 Å². The number of aromatic nitrogens is 2. The van der Waals surface area contributed by atoms with Crippen LogP contribution >= 0.6 is 0 Å². The smallest absolute Gasteiger partial charge is 0.150 e. The van der Waals surface area contributed by atoms with Crippen molar-refractivity contribution in [3.63, 3.8) is 0 Å². The van der Waals surface area contributed by atoms with Crippen molar-refractivity contribution >= 4 is 5.82 Å². The van der Waals surface area contributed by atoms with Crippen molar-refractivity contribution in [1.82, 2.24) is 14.9 Å². The molecule has 0 aliphatic carbocycles. The predicted octanol–water partition coefficient (Wildman–Crippen LogP) is 1.71. The molecule has 2 aliphatic heterocycles. The number of likely N-dealkylation sites (tertiary alicyclic amines) is 1. The first-order valence-corrected chi connectivity index (χ1v) is 8.64. The molecule has 22 heavy (non-hydrogen) atoms. The van der Waals surface area contributed by atoms with Gasteiger partial charge in [0.15, 0.2) is 0 Å². The predicted molar refractivity (Wildman–Crippen MR) is 88.0 cm³/mol. The number of aliphatic hydroxyl groups excluding tert-OH is 1. The van der Waals surface area contributed by atoms with E-state index in [4.69, 9.17) is 0 Å². The van der Waals surface area contributed by atoms with Crippen LogP contribution in [0.5, 0.6) is 0 Å². The fraction of sp³-hybridized carbons (Fsp3) is 0.765. The summed E-state index contributed by atoms with van der Waals surface area (Å²) in [6.07, 6.45) is 10.0. The Kier molecular flexibility index (Phi) is 5.26. The zero-order valence-corrected chi connectivity index (χ0v) is 13.6. The fourth-order valence-electron chi connectivity index (χ4n) is 3.63. The Morgan fingerprint density at radius 3 is 2.64 bits per heavy atom. The minimum absolute atomic E-state index is 0.145. The Morgan fingerprint density at radius 1 is 1.05 bits per heavy atom. The molecule has 0 bridgehead atoms. The lowest BCUT2D eigenvalue weighted by Crippen LogP contribution is -2.37. The molecule has 0 aromatic carbocycles. The molecule has 5 heteroatoms. The maximum absolute atomic E-state index is 9.69. The van der Waals surface area contributed by atoms with Gasteiger partial charge in [0.05, 0.1) is 11.8 Å². The molecule has 1 atom stereocenters. The highest BCUT2D eigenvalue weighted by atomic mass is 16.3. The molecule has 1 N–H and O–H groups in total. The highest BCUT2D eigenvalue weighted by Crippen LogP contribution is 2.26. The van der Waals surface area contributed by atoms with Crippen molar-refractivity contribution in [3.05, 3.63) is 18.1 Å². The topological polar surface area (TPSA) is 52.5 Å². The van der Waals surface area contributed by atoms with Crippen molar-refractivity contribution in [2.45, 2.75) is 44.6 Å². The largest absolute Gasteiger partial charge is 0.393 e. The number of hydrogen-bond acceptors (Lipinski definition) is 5. The number of piperidine rings is 1. The summed E-state index contributed by atoms with van der Waals surface area (Å²) in [7, 11) is 2.22. The third-order valence-corrected chi connectivity index (χ3v) is 5.07. The Morgan fingerprint density at radius 2 is 1.82 bits per heavy atom. The molecule has 3 rings (SSSR count). The Balaban J connectivity index is 1.68. The van der Waals surface area contributed by atoms with Gasteiger partial charge in [-0.05, 0) is 64.6 Å². The zero-order valence-electron chi connectivity index (χ0n) is 13.6. The first kappa shape index (κ1) is 15.7. The molecular formula is C17H28N4O. The van der Waals surface area contributed by atoms with Crippen molar-refractivity contribution in [2.75, 3.05) is 38.1 Å². The molecule has 2 saturated heterocycles. The maximum atomic E-state index is 9.69. The van der Waals surface area contributed by atoms with Crippen molar-refractivity contribution in [2.24, 2.45) is 5.92 Å². The molecule has 0 radical (unpaired) electrons. The van der Waals surface area contributed by atoms with Gasteiger partial charge in [-0.3, -0.25) is 4.98 Å². The van der Waals surface area contributed by atoms with E-state index in [2.05, 4.69) is 26.8 Å². The van der Waals surface area contributed by atoms with Crippen LogP contribution in [0.25, 0.3) is 0 Å². The molecule has 0 amide bonds. The van der Waals surface area contributed by atoms with Gasteiger partial charge in [-0.25, -0.2) is 4.98 Å². The van der Waals surface area contributed by atoms with Gasteiger partial charge in [0.2, 0.25) is 0 Å². The molecule has 1 aromatic rings. The summed E-state index contributed by atoms with van der Waals surface area (Å²) >= 11 is 0. The maximum Gasteiger partial charge on any atom is 0.150 e. The van der Waals surface area contributed by atoms with Crippen LogP contribution in [0.3, 0.4) is 0 Å². The van der Waals surface area contributed by atoms with E-state index < -0.39 is 0 Å². The molecule has 0 saturated carbocycles. The van der Waals surface area contributed by atoms with Crippen LogP contribution in [0.2, 0.25) is 0 Å². The lowest BCUT2D eigenvalue weighted by Gasteiger charge is -2.31. The van der Waals surface area contributed by atoms with Gasteiger partial charge in [-0.1, -0.05) is 0 Å². The van der Waals surface area contributed by atoms with E-state index >= 15 is 0 Å². The van der Waals surface area contributed by atoms with E-state index in [1.165, 1.54) is 32.4 Å². The molecule has 1 aromatic heterocycles. The first-order chi connectivity index (χ1) is 10.7. The standard InChI is InChI=1S/C17H28N4O/c1-20-9-2-3-14(4-10-20)13-16-17(19-8-7-18-16)21-11-5-15(22)6-12-21/h7-8,14-15,22H,2-6,9-13H2,1H3. The summed E-state index contributed by atoms with van der Waals surface area (Å²) in [5.74, 6) is 1.77. The Hall–Kier alpha value is -1.20. The zero-order chi connectivity index (χ0) is 15.4. The van der Waals surface area contributed by atoms with Crippen LogP contribution in [0.1, 0.15) is 37.8 Å². The molecule has 5 nitrogen and oxygen atoms in total. The summed E-state index contributed by atoms with van der Waals surface area (Å²) in [6, 6.07) is 0. The van der Waals surface area contributed by atoms with Gasteiger partial charge in [-0.15, -0.1) is 0 Å². The van der Waals surface area contributed by atoms with Gasteiger partial charge < -0.3 is 14.9 Å². The average molecular weight is 304 g/mol. The molecule has 2 fully saturated rings. The number of hydrogen-bond donors (Lipinski definition) is 1. The Bertz CT molecular complexity index is 473. The molecule has 2 aliphatic rings. The van der Waals surface area contributed by atoms with Gasteiger partial charge in [0, 0.05) is 25.5 Å². The SMILES string of the molecule is CN1CCCC(Cc2nccnc2N2CCC(O)CC2)CC1. The normalized spacial score (nSPS) is 25.2. The quantitative estimate of drug-likeness (QED) is 0.921. The van der Waals surface area contributed by atoms with E-state index in [0.29, 0.717) is 0 Å². The summed E-state index contributed by atoms with van der Waals surface area (Å²) < 4.78 is 0. The van der Waals surface area contributed by atoms with Crippen LogP contribution in [0.4, 0.5) is 5.82 Å². The van der Waals surface area contributed by atoms with E-state index in [-0.39, 0.29) is 6.10 Å². The molecule has 1 unspecified atom stereocenters. The monoisotopic (exact) mass is 304 g/mol. The minimum Gasteiger partial charge on any atom is -0.393 e. The van der Waals surface area contributed by atoms with Crippen LogP contribution < -0.4 is 4.90 Å². The fourth-order valence-corrected chi connectivity index (χ4v) is 3.63. The highest BCUT2D eigenvalue weighted by Gasteiger charge is 2.23. The summed E-state index contributed by atoms with van der Waals surface area (Å²) in [4.78, 5) is 14.0. The van der Waals surface area contributed by atoms with Gasteiger partial charge >= 0.3 is 0 Å². The van der Waals surface area contributed by atoms with Crippen LogP contribution in [-0.2, 0) is 6.42 Å². The van der Waals surface area contributed by atoms with Crippen LogP contribution in [-0.4, -0.2) is 59.3 Å². The second kappa shape index (κ2) is 7.38. The van der Waals surface area contributed by atoms with Gasteiger partial charge in [-0.2, -0.15) is 0 Å². The number of anilines is 1. The molecule has 122 valence electrons. The average Bonchev–Trinajstić information content (AvgIpc) is 2.74. The summed E-state index contributed by atoms with van der Waals surface area (Å²) in [5, 5.41) is 9.69. The molecule has 3 heterocycles. The number of nitrogens with zero attached hydrogens (tertiary/aromatic N) is 4. The summed E-state index contributed by atoms with van der Waals surface area (Å²) in [6.45, 7) is 4.19. The van der Waals surface area contributed by atoms with E-state index in [0.717, 1.165) is 49.8 Å². The van der Waals surface area contributed by atoms with Crippen molar-refractivity contribution in [3.8, 4) is 0 Å². The first-order valence-electron chi connectivity index (χ1n) is 8.64. The third kappa shape index (κ3) is 3.96. The van der Waals surface area contributed by atoms with E-state index in [1.54, 1.807) is 6.20 Å². The summed E-state index contributed by atoms with van der Waals surface area (Å²) in [5.41, 5.74) is 1.15. The lowest BCUT2D eigenvalue weighted by atomic mass is 9.94. The van der Waals surface area contributed by atoms with E-state index in [1.807, 2.05) is 6.20 Å². The van der Waals surface area contributed by atoms with Gasteiger partial charge in [0.1, 0.15) is 5.82 Å². The minimum atomic E-state index is -0.145. The van der Waals surface area contributed by atoms with Crippen LogP contribution in [0, 0.1) is 5.92 Å². The number of aliphatic hydroxyl groups is 1. The second-order valence-electron chi connectivity index (χ2n) is 6.85. The van der Waals surface area contributed by atoms with Crippen molar-refractivity contribution in [1.29, 1.82) is 0 Å². The van der Waals surface area contributed by atoms with Gasteiger partial charge in [0.25, 0.3) is 0 Å². The second-order valence-corrected chi connectivity index (χ2v) is 6.85. The van der Waals surface area contributed by atoms with Crippen molar-refractivity contribution < 1.29 is 5.11 Å². The molecule has 0 spiro atoms. The highest BCUT2D eigenvalue weighted by molar-refractivity contribution is 5.43.